The second-order valence-corrected chi connectivity index (χ2v) is 3.90. The van der Waals surface area contributed by atoms with Crippen LogP contribution in [0.4, 0.5) is 0 Å². The quantitative estimate of drug-likeness (QED) is 0.583. The van der Waals surface area contributed by atoms with E-state index in [2.05, 4.69) is 44.1 Å². The third-order valence-electron chi connectivity index (χ3n) is 2.93. The zero-order valence-electron chi connectivity index (χ0n) is 8.50. The number of nitrogens with zero attached hydrogens (tertiary/aromatic N) is 3. The molecule has 0 saturated carbocycles. The number of imidazole rings is 1. The van der Waals surface area contributed by atoms with Gasteiger partial charge in [-0.05, 0) is 17.8 Å². The molecule has 0 spiro atoms. The van der Waals surface area contributed by atoms with E-state index in [0.29, 0.717) is 6.54 Å². The molecule has 2 aromatic rings. The average Bonchev–Trinajstić information content (AvgIpc) is 2.87. The van der Waals surface area contributed by atoms with E-state index in [0.717, 1.165) is 5.69 Å². The van der Waals surface area contributed by atoms with Crippen LogP contribution in [0.25, 0.3) is 11.3 Å². The summed E-state index contributed by atoms with van der Waals surface area (Å²) in [5.74, 6) is 0. The molecule has 0 saturated heterocycles. The van der Waals surface area contributed by atoms with Gasteiger partial charge in [0, 0.05) is 5.56 Å². The Morgan fingerprint density at radius 3 is 3.19 bits per heavy atom. The van der Waals surface area contributed by atoms with Crippen LogP contribution in [0.15, 0.2) is 41.8 Å². The van der Waals surface area contributed by atoms with Gasteiger partial charge in [-0.1, -0.05) is 24.3 Å². The van der Waals surface area contributed by atoms with Crippen molar-refractivity contribution in [1.82, 2.24) is 9.55 Å². The van der Waals surface area contributed by atoms with Crippen LogP contribution in [-0.4, -0.2) is 21.3 Å². The van der Waals surface area contributed by atoms with E-state index in [4.69, 9.17) is 0 Å². The van der Waals surface area contributed by atoms with Crippen LogP contribution in [0, 0.1) is 0 Å². The number of rotatable bonds is 2. The summed E-state index contributed by atoms with van der Waals surface area (Å²) >= 11 is 4.62. The van der Waals surface area contributed by atoms with Crippen molar-refractivity contribution >= 4 is 17.4 Å². The molecule has 1 aromatic heterocycles. The van der Waals surface area contributed by atoms with Gasteiger partial charge in [0.25, 0.3) is 0 Å². The average molecular weight is 227 g/mol. The smallest absolute Gasteiger partial charge is 0.0957 e. The minimum atomic E-state index is 0.212. The number of hydrogen-bond acceptors (Lipinski definition) is 3. The molecule has 0 amide bonds. The van der Waals surface area contributed by atoms with Crippen molar-refractivity contribution in [3.05, 3.63) is 42.4 Å². The normalized spacial score (nSPS) is 16.4. The van der Waals surface area contributed by atoms with Crippen molar-refractivity contribution in [2.24, 2.45) is 4.99 Å². The number of isothiocyanates is 1. The molecular weight excluding hydrogens is 218 g/mol. The lowest BCUT2D eigenvalue weighted by molar-refractivity contribution is 0.625. The largest absolute Gasteiger partial charge is 0.321 e. The zero-order valence-corrected chi connectivity index (χ0v) is 9.31. The number of benzene rings is 1. The molecule has 0 bridgehead atoms. The summed E-state index contributed by atoms with van der Waals surface area (Å²) < 4.78 is 2.14. The highest BCUT2D eigenvalue weighted by Gasteiger charge is 2.27. The van der Waals surface area contributed by atoms with Gasteiger partial charge in [0.1, 0.15) is 0 Å². The summed E-state index contributed by atoms with van der Waals surface area (Å²) in [6, 6.07) is 8.55. The fourth-order valence-electron chi connectivity index (χ4n) is 2.24. The molecule has 3 nitrogen and oxygen atoms in total. The maximum atomic E-state index is 4.62. The van der Waals surface area contributed by atoms with E-state index in [-0.39, 0.29) is 6.04 Å². The number of fused-ring (bicyclic) bond motifs is 3. The Kier molecular flexibility index (Phi) is 2.17. The molecule has 1 unspecified atom stereocenters. The highest BCUT2D eigenvalue weighted by molar-refractivity contribution is 7.78. The fourth-order valence-corrected chi connectivity index (χ4v) is 2.32. The lowest BCUT2D eigenvalue weighted by atomic mass is 10.0. The molecular formula is C12H9N3S. The molecule has 0 fully saturated rings. The summed E-state index contributed by atoms with van der Waals surface area (Å²) in [6.07, 6.45) is 3.73. The summed E-state index contributed by atoms with van der Waals surface area (Å²) in [4.78, 5) is 8.22. The van der Waals surface area contributed by atoms with E-state index in [1.807, 2.05) is 24.7 Å². The monoisotopic (exact) mass is 227 g/mol. The van der Waals surface area contributed by atoms with Gasteiger partial charge in [-0.3, -0.25) is 0 Å². The number of thiocarbonyl (C=S) groups is 1. The summed E-state index contributed by atoms with van der Waals surface area (Å²) in [7, 11) is 0. The predicted molar refractivity (Wildman–Crippen MR) is 65.7 cm³/mol. The van der Waals surface area contributed by atoms with E-state index in [9.17, 15) is 0 Å². The molecule has 0 N–H and O–H groups in total. The number of aromatic nitrogens is 2. The van der Waals surface area contributed by atoms with Gasteiger partial charge in [-0.2, -0.15) is 0 Å². The Morgan fingerprint density at radius 2 is 2.31 bits per heavy atom. The summed E-state index contributed by atoms with van der Waals surface area (Å²) in [5, 5.41) is 2.42. The van der Waals surface area contributed by atoms with Gasteiger partial charge >= 0.3 is 0 Å². The number of aliphatic imine (C=N–C) groups is 1. The maximum absolute atomic E-state index is 4.62. The first-order chi connectivity index (χ1) is 7.92. The van der Waals surface area contributed by atoms with Crippen molar-refractivity contribution in [2.45, 2.75) is 6.04 Å². The molecule has 4 heteroatoms. The van der Waals surface area contributed by atoms with Crippen LogP contribution < -0.4 is 0 Å². The first-order valence-electron chi connectivity index (χ1n) is 5.06. The van der Waals surface area contributed by atoms with Crippen LogP contribution >= 0.6 is 12.2 Å². The molecule has 0 radical (unpaired) electrons. The van der Waals surface area contributed by atoms with Crippen LogP contribution in [0.3, 0.4) is 0 Å². The summed E-state index contributed by atoms with van der Waals surface area (Å²) in [5.41, 5.74) is 3.68. The van der Waals surface area contributed by atoms with Crippen molar-refractivity contribution in [2.75, 3.05) is 6.54 Å². The third-order valence-corrected chi connectivity index (χ3v) is 3.06. The minimum Gasteiger partial charge on any atom is -0.321 e. The third kappa shape index (κ3) is 1.24. The van der Waals surface area contributed by atoms with Crippen LogP contribution in [0.5, 0.6) is 0 Å². The Labute approximate surface area is 98.5 Å². The summed E-state index contributed by atoms with van der Waals surface area (Å²) in [6.45, 7) is 0.629. The predicted octanol–water partition coefficient (Wildman–Crippen LogP) is 2.56. The van der Waals surface area contributed by atoms with Gasteiger partial charge in [-0.15, -0.1) is 0 Å². The second-order valence-electron chi connectivity index (χ2n) is 3.72. The zero-order chi connectivity index (χ0) is 11.0. The Balaban J connectivity index is 2.16. The first-order valence-corrected chi connectivity index (χ1v) is 5.47. The second kappa shape index (κ2) is 3.67. The van der Waals surface area contributed by atoms with Crippen LogP contribution in [0.2, 0.25) is 0 Å². The van der Waals surface area contributed by atoms with Crippen molar-refractivity contribution < 1.29 is 0 Å². The highest BCUT2D eigenvalue weighted by atomic mass is 32.1. The molecule has 16 heavy (non-hydrogen) atoms. The van der Waals surface area contributed by atoms with Crippen molar-refractivity contribution in [3.63, 3.8) is 0 Å². The molecule has 1 atom stereocenters. The van der Waals surface area contributed by atoms with Crippen LogP contribution in [-0.2, 0) is 0 Å². The van der Waals surface area contributed by atoms with Gasteiger partial charge < -0.3 is 4.57 Å². The molecule has 1 aromatic carbocycles. The topological polar surface area (TPSA) is 30.2 Å². The standard InChI is InChI=1S/C12H9N3S/c16-8-14-6-12-10-4-2-1-3-9(10)11-5-13-7-15(11)12/h1-5,7,12H,6H2. The molecule has 78 valence electrons. The maximum Gasteiger partial charge on any atom is 0.0957 e. The minimum absolute atomic E-state index is 0.212. The van der Waals surface area contributed by atoms with E-state index >= 15 is 0 Å². The van der Waals surface area contributed by atoms with E-state index in [1.165, 1.54) is 11.1 Å². The SMILES string of the molecule is S=C=NCC1c2ccccc2-c2cncn21. The van der Waals surface area contributed by atoms with E-state index in [1.54, 1.807) is 0 Å². The Morgan fingerprint density at radius 1 is 1.44 bits per heavy atom. The molecule has 3 rings (SSSR count). The first kappa shape index (κ1) is 9.46. The van der Waals surface area contributed by atoms with Gasteiger partial charge in [0.2, 0.25) is 0 Å². The number of hydrogen-bond donors (Lipinski definition) is 0. The van der Waals surface area contributed by atoms with Crippen molar-refractivity contribution in [3.8, 4) is 11.3 Å². The fraction of sp³-hybridized carbons (Fsp3) is 0.167. The molecule has 1 aliphatic heterocycles. The molecule has 0 aliphatic carbocycles. The Hall–Kier alpha value is -1.77. The molecule has 1 aliphatic rings. The van der Waals surface area contributed by atoms with Gasteiger partial charge in [0.05, 0.1) is 36.0 Å². The Bertz CT molecular complexity index is 581. The molecule has 2 heterocycles. The van der Waals surface area contributed by atoms with Gasteiger partial charge in [-0.25, -0.2) is 9.98 Å². The van der Waals surface area contributed by atoms with Gasteiger partial charge in [0.15, 0.2) is 0 Å². The lowest BCUT2D eigenvalue weighted by Gasteiger charge is -2.10. The highest BCUT2D eigenvalue weighted by Crippen LogP contribution is 2.38. The lowest BCUT2D eigenvalue weighted by Crippen LogP contribution is -2.08. The van der Waals surface area contributed by atoms with Crippen molar-refractivity contribution in [1.29, 1.82) is 0 Å². The van der Waals surface area contributed by atoms with Crippen LogP contribution in [0.1, 0.15) is 11.6 Å². The van der Waals surface area contributed by atoms with E-state index < -0.39 is 0 Å².